The zero-order valence-electron chi connectivity index (χ0n) is 13.6. The molecule has 0 spiro atoms. The smallest absolute Gasteiger partial charge is 0.289 e. The summed E-state index contributed by atoms with van der Waals surface area (Å²) < 4.78 is 13.3. The predicted octanol–water partition coefficient (Wildman–Crippen LogP) is 2.55. The average Bonchev–Trinajstić information content (AvgIpc) is 3.12. The number of hydrogen-bond acceptors (Lipinski definition) is 5. The Balaban J connectivity index is 1.62. The molecular formula is C16H21N3O3S. The van der Waals surface area contributed by atoms with E-state index in [2.05, 4.69) is 4.98 Å². The number of carbonyl (C=O) groups excluding carboxylic acids is 1. The number of imidazole rings is 1. The van der Waals surface area contributed by atoms with Crippen LogP contribution in [-0.4, -0.2) is 45.7 Å². The SMILES string of the molecule is CC1CN(C(=O)c2ccc(CSc3nccn3C)o2)CC(C)O1. The lowest BCUT2D eigenvalue weighted by molar-refractivity contribution is -0.0592. The summed E-state index contributed by atoms with van der Waals surface area (Å²) in [5, 5.41) is 0.921. The van der Waals surface area contributed by atoms with E-state index in [1.54, 1.807) is 28.9 Å². The number of carbonyl (C=O) groups is 1. The van der Waals surface area contributed by atoms with Gasteiger partial charge in [0.1, 0.15) is 5.76 Å². The van der Waals surface area contributed by atoms with Crippen LogP contribution in [0.25, 0.3) is 0 Å². The molecule has 1 aliphatic rings. The van der Waals surface area contributed by atoms with Gasteiger partial charge in [0.15, 0.2) is 10.9 Å². The molecule has 1 amide bonds. The molecule has 0 aromatic carbocycles. The Morgan fingerprint density at radius 1 is 1.35 bits per heavy atom. The molecule has 124 valence electrons. The van der Waals surface area contributed by atoms with Crippen molar-refractivity contribution in [3.05, 3.63) is 36.0 Å². The lowest BCUT2D eigenvalue weighted by atomic mass is 10.2. The summed E-state index contributed by atoms with van der Waals surface area (Å²) in [6.45, 7) is 5.16. The van der Waals surface area contributed by atoms with Gasteiger partial charge >= 0.3 is 0 Å². The molecule has 2 aromatic rings. The first-order valence-electron chi connectivity index (χ1n) is 7.66. The fourth-order valence-corrected chi connectivity index (χ4v) is 3.52. The van der Waals surface area contributed by atoms with Crippen LogP contribution in [-0.2, 0) is 17.5 Å². The molecule has 6 nitrogen and oxygen atoms in total. The first-order valence-corrected chi connectivity index (χ1v) is 8.65. The molecule has 1 fully saturated rings. The summed E-state index contributed by atoms with van der Waals surface area (Å²) in [6, 6.07) is 3.61. The summed E-state index contributed by atoms with van der Waals surface area (Å²) >= 11 is 1.58. The highest BCUT2D eigenvalue weighted by atomic mass is 32.2. The van der Waals surface area contributed by atoms with Crippen LogP contribution in [0.1, 0.15) is 30.2 Å². The normalized spacial score (nSPS) is 21.6. The molecule has 0 N–H and O–H groups in total. The summed E-state index contributed by atoms with van der Waals surface area (Å²) in [4.78, 5) is 18.6. The van der Waals surface area contributed by atoms with Crippen LogP contribution in [0.15, 0.2) is 34.1 Å². The van der Waals surface area contributed by atoms with Crippen LogP contribution in [0.4, 0.5) is 0 Å². The molecule has 0 aliphatic carbocycles. The zero-order valence-corrected chi connectivity index (χ0v) is 14.4. The van der Waals surface area contributed by atoms with Crippen molar-refractivity contribution in [3.8, 4) is 0 Å². The third-order valence-corrected chi connectivity index (χ3v) is 4.78. The first-order chi connectivity index (χ1) is 11.0. The Kier molecular flexibility index (Phi) is 4.77. The topological polar surface area (TPSA) is 60.5 Å². The van der Waals surface area contributed by atoms with Crippen molar-refractivity contribution in [3.63, 3.8) is 0 Å². The summed E-state index contributed by atoms with van der Waals surface area (Å²) in [5.41, 5.74) is 0. The van der Waals surface area contributed by atoms with E-state index in [9.17, 15) is 4.79 Å². The summed E-state index contributed by atoms with van der Waals surface area (Å²) in [5.74, 6) is 1.74. The Hall–Kier alpha value is -1.73. The van der Waals surface area contributed by atoms with E-state index in [4.69, 9.17) is 9.15 Å². The van der Waals surface area contributed by atoms with Crippen molar-refractivity contribution in [2.45, 2.75) is 37.0 Å². The van der Waals surface area contributed by atoms with E-state index in [-0.39, 0.29) is 18.1 Å². The van der Waals surface area contributed by atoms with Crippen LogP contribution in [0, 0.1) is 0 Å². The van der Waals surface area contributed by atoms with Gasteiger partial charge in [0.05, 0.1) is 18.0 Å². The third kappa shape index (κ3) is 3.79. The van der Waals surface area contributed by atoms with Crippen LogP contribution in [0.5, 0.6) is 0 Å². The Bertz CT molecular complexity index is 672. The van der Waals surface area contributed by atoms with E-state index in [0.717, 1.165) is 10.9 Å². The first kappa shape index (κ1) is 16.1. The highest BCUT2D eigenvalue weighted by Gasteiger charge is 2.28. The number of aryl methyl sites for hydroxylation is 1. The average molecular weight is 335 g/mol. The van der Waals surface area contributed by atoms with Gasteiger partial charge in [-0.05, 0) is 26.0 Å². The Labute approximate surface area is 139 Å². The zero-order chi connectivity index (χ0) is 16.4. The van der Waals surface area contributed by atoms with Gasteiger partial charge in [0.2, 0.25) is 0 Å². The second-order valence-electron chi connectivity index (χ2n) is 5.84. The number of thioether (sulfide) groups is 1. The van der Waals surface area contributed by atoms with Gasteiger partial charge in [0.25, 0.3) is 5.91 Å². The number of amides is 1. The van der Waals surface area contributed by atoms with Crippen molar-refractivity contribution in [2.24, 2.45) is 7.05 Å². The monoisotopic (exact) mass is 335 g/mol. The minimum Gasteiger partial charge on any atom is -0.455 e. The van der Waals surface area contributed by atoms with Crippen LogP contribution >= 0.6 is 11.8 Å². The predicted molar refractivity (Wildman–Crippen MR) is 87.4 cm³/mol. The number of furan rings is 1. The van der Waals surface area contributed by atoms with Crippen molar-refractivity contribution < 1.29 is 13.9 Å². The fraction of sp³-hybridized carbons (Fsp3) is 0.500. The molecule has 2 atom stereocenters. The Morgan fingerprint density at radius 2 is 2.09 bits per heavy atom. The molecule has 23 heavy (non-hydrogen) atoms. The number of aromatic nitrogens is 2. The van der Waals surface area contributed by atoms with Crippen molar-refractivity contribution in [1.29, 1.82) is 0 Å². The van der Waals surface area contributed by atoms with Crippen molar-refractivity contribution in [1.82, 2.24) is 14.5 Å². The minimum atomic E-state index is -0.0692. The van der Waals surface area contributed by atoms with E-state index in [1.165, 1.54) is 0 Å². The van der Waals surface area contributed by atoms with Gasteiger partial charge in [-0.25, -0.2) is 4.98 Å². The lowest BCUT2D eigenvalue weighted by Crippen LogP contribution is -2.48. The maximum Gasteiger partial charge on any atom is 0.289 e. The lowest BCUT2D eigenvalue weighted by Gasteiger charge is -2.34. The third-order valence-electron chi connectivity index (χ3n) is 3.70. The highest BCUT2D eigenvalue weighted by Crippen LogP contribution is 2.23. The van der Waals surface area contributed by atoms with Crippen molar-refractivity contribution in [2.75, 3.05) is 13.1 Å². The van der Waals surface area contributed by atoms with Gasteiger partial charge in [-0.1, -0.05) is 11.8 Å². The molecule has 2 aromatic heterocycles. The molecule has 7 heteroatoms. The van der Waals surface area contributed by atoms with E-state index < -0.39 is 0 Å². The Morgan fingerprint density at radius 3 is 2.74 bits per heavy atom. The van der Waals surface area contributed by atoms with Gasteiger partial charge in [0, 0.05) is 32.5 Å². The van der Waals surface area contributed by atoms with Gasteiger partial charge in [-0.2, -0.15) is 0 Å². The molecule has 0 bridgehead atoms. The number of rotatable bonds is 4. The van der Waals surface area contributed by atoms with E-state index in [0.29, 0.717) is 24.6 Å². The second kappa shape index (κ2) is 6.80. The molecule has 0 radical (unpaired) electrons. The molecular weight excluding hydrogens is 314 g/mol. The van der Waals surface area contributed by atoms with Crippen LogP contribution in [0.3, 0.4) is 0 Å². The van der Waals surface area contributed by atoms with Gasteiger partial charge in [-0.15, -0.1) is 0 Å². The maximum absolute atomic E-state index is 12.5. The number of nitrogens with zero attached hydrogens (tertiary/aromatic N) is 3. The molecule has 3 heterocycles. The molecule has 0 saturated carbocycles. The van der Waals surface area contributed by atoms with E-state index >= 15 is 0 Å². The van der Waals surface area contributed by atoms with Crippen LogP contribution in [0.2, 0.25) is 0 Å². The second-order valence-corrected chi connectivity index (χ2v) is 6.79. The van der Waals surface area contributed by atoms with Crippen LogP contribution < -0.4 is 0 Å². The van der Waals surface area contributed by atoms with Gasteiger partial charge < -0.3 is 18.6 Å². The van der Waals surface area contributed by atoms with Crippen molar-refractivity contribution >= 4 is 17.7 Å². The largest absolute Gasteiger partial charge is 0.455 e. The van der Waals surface area contributed by atoms with E-state index in [1.807, 2.05) is 37.7 Å². The maximum atomic E-state index is 12.5. The van der Waals surface area contributed by atoms with Gasteiger partial charge in [-0.3, -0.25) is 4.79 Å². The summed E-state index contributed by atoms with van der Waals surface area (Å²) in [7, 11) is 1.95. The minimum absolute atomic E-state index is 0.0519. The molecule has 3 rings (SSSR count). The summed E-state index contributed by atoms with van der Waals surface area (Å²) in [6.07, 6.45) is 3.77. The number of morpholine rings is 1. The highest BCUT2D eigenvalue weighted by molar-refractivity contribution is 7.98. The fourth-order valence-electron chi connectivity index (χ4n) is 2.70. The molecule has 1 saturated heterocycles. The standard InChI is InChI=1S/C16H21N3O3S/c1-11-8-19(9-12(2)21-11)15(20)14-5-4-13(22-14)10-23-16-17-6-7-18(16)3/h4-7,11-12H,8-10H2,1-3H3. The number of hydrogen-bond donors (Lipinski definition) is 0. The quantitative estimate of drug-likeness (QED) is 0.804. The molecule has 2 unspecified atom stereocenters. The molecule has 1 aliphatic heterocycles. The number of ether oxygens (including phenoxy) is 1.